The van der Waals surface area contributed by atoms with Crippen LogP contribution in [0.2, 0.25) is 5.02 Å². The number of carbonyl (C=O) groups is 2. The number of hydrogen-bond donors (Lipinski definition) is 2. The summed E-state index contributed by atoms with van der Waals surface area (Å²) in [6, 6.07) is 10.4. The van der Waals surface area contributed by atoms with Crippen LogP contribution in [0.4, 0.5) is 0 Å². The summed E-state index contributed by atoms with van der Waals surface area (Å²) in [5.74, 6) is -1.47. The van der Waals surface area contributed by atoms with Crippen LogP contribution in [0.25, 0.3) is 5.70 Å². The van der Waals surface area contributed by atoms with E-state index < -0.39 is 11.9 Å². The van der Waals surface area contributed by atoms with Gasteiger partial charge in [0.25, 0.3) is 0 Å². The van der Waals surface area contributed by atoms with Crippen LogP contribution in [-0.4, -0.2) is 30.6 Å². The number of allylic oxidation sites excluding steroid dienone is 2. The first kappa shape index (κ1) is 20.0. The average Bonchev–Trinajstić information content (AvgIpc) is 3.01. The van der Waals surface area contributed by atoms with E-state index in [4.69, 9.17) is 21.1 Å². The Bertz CT molecular complexity index is 1150. The van der Waals surface area contributed by atoms with Gasteiger partial charge in [-0.05, 0) is 31.5 Å². The molecule has 1 atom stereocenters. The van der Waals surface area contributed by atoms with Gasteiger partial charge in [-0.15, -0.1) is 0 Å². The molecule has 2 N–H and O–H groups in total. The van der Waals surface area contributed by atoms with Crippen molar-refractivity contribution < 1.29 is 24.2 Å². The van der Waals surface area contributed by atoms with Gasteiger partial charge in [-0.2, -0.15) is 0 Å². The van der Waals surface area contributed by atoms with Crippen molar-refractivity contribution in [1.29, 1.82) is 0 Å². The molecule has 4 rings (SSSR count). The molecule has 0 saturated carbocycles. The van der Waals surface area contributed by atoms with Crippen LogP contribution in [0, 0.1) is 0 Å². The molecular weight excluding hydrogens is 406 g/mol. The largest absolute Gasteiger partial charge is 0.503 e. The Balaban J connectivity index is 1.97. The van der Waals surface area contributed by atoms with E-state index in [1.807, 2.05) is 12.1 Å². The zero-order valence-electron chi connectivity index (χ0n) is 16.7. The molecule has 0 bridgehead atoms. The van der Waals surface area contributed by atoms with E-state index in [9.17, 15) is 14.7 Å². The summed E-state index contributed by atoms with van der Waals surface area (Å²) in [5.41, 5.74) is 3.90. The van der Waals surface area contributed by atoms with Crippen LogP contribution >= 0.6 is 11.6 Å². The third-order valence-corrected chi connectivity index (χ3v) is 5.64. The van der Waals surface area contributed by atoms with Crippen molar-refractivity contribution in [3.8, 4) is 11.5 Å². The number of hydrogen-bond acceptors (Lipinski definition) is 6. The maximum Gasteiger partial charge on any atom is 0.336 e. The van der Waals surface area contributed by atoms with Crippen molar-refractivity contribution in [2.75, 3.05) is 13.7 Å². The minimum atomic E-state index is -0.729. The summed E-state index contributed by atoms with van der Waals surface area (Å²) >= 11 is 6.23. The highest BCUT2D eigenvalue weighted by atomic mass is 35.5. The monoisotopic (exact) mass is 425 g/mol. The zero-order chi connectivity index (χ0) is 21.6. The number of ketones is 1. The Kier molecular flexibility index (Phi) is 5.03. The standard InChI is InChI=1S/C23H20ClNO5/c1-4-30-23(28)17-11(2)25-20-13-7-5-6-8-14(13)21(26)19(20)18(17)12-9-15(24)22(27)16(10-12)29-3/h5-10,18,25,27H,4H2,1-3H3/t18-/m1/s1. The topological polar surface area (TPSA) is 84.9 Å². The Morgan fingerprint density at radius 3 is 2.60 bits per heavy atom. The molecule has 2 aromatic rings. The zero-order valence-corrected chi connectivity index (χ0v) is 17.5. The summed E-state index contributed by atoms with van der Waals surface area (Å²) in [6.45, 7) is 3.69. The number of Topliss-reactive ketones (excluding diaryl/α,β-unsaturated/α-hetero) is 1. The molecule has 0 amide bonds. The van der Waals surface area contributed by atoms with Gasteiger partial charge in [0.2, 0.25) is 0 Å². The SMILES string of the molecule is CCOC(=O)C1=C(C)NC2=C(C(=O)c3ccccc32)[C@@H]1c1cc(Cl)c(O)c(OC)c1. The molecule has 154 valence electrons. The molecular formula is C23H20ClNO5. The van der Waals surface area contributed by atoms with Gasteiger partial charge in [0, 0.05) is 28.3 Å². The molecule has 1 aliphatic carbocycles. The molecule has 1 heterocycles. The number of phenols is 1. The normalized spacial score (nSPS) is 17.5. The Labute approximate surface area is 178 Å². The number of dihydropyridines is 1. The number of carbonyl (C=O) groups excluding carboxylic acids is 2. The van der Waals surface area contributed by atoms with E-state index in [1.165, 1.54) is 7.11 Å². The van der Waals surface area contributed by atoms with Gasteiger partial charge in [-0.25, -0.2) is 4.79 Å². The van der Waals surface area contributed by atoms with Crippen molar-refractivity contribution in [2.45, 2.75) is 19.8 Å². The van der Waals surface area contributed by atoms with E-state index in [2.05, 4.69) is 5.32 Å². The number of benzene rings is 2. The fourth-order valence-electron chi connectivity index (χ4n) is 4.06. The van der Waals surface area contributed by atoms with Crippen molar-refractivity contribution in [2.24, 2.45) is 0 Å². The highest BCUT2D eigenvalue weighted by Crippen LogP contribution is 2.49. The highest BCUT2D eigenvalue weighted by Gasteiger charge is 2.43. The Hall–Kier alpha value is -3.25. The van der Waals surface area contributed by atoms with E-state index in [-0.39, 0.29) is 28.9 Å². The van der Waals surface area contributed by atoms with Gasteiger partial charge in [0.1, 0.15) is 0 Å². The first-order valence-electron chi connectivity index (χ1n) is 9.48. The fraction of sp³-hybridized carbons (Fsp3) is 0.217. The number of fused-ring (bicyclic) bond motifs is 2. The summed E-state index contributed by atoms with van der Waals surface area (Å²) in [4.78, 5) is 26.3. The number of ether oxygens (including phenoxy) is 2. The summed E-state index contributed by atoms with van der Waals surface area (Å²) in [7, 11) is 1.41. The fourth-order valence-corrected chi connectivity index (χ4v) is 4.28. The summed E-state index contributed by atoms with van der Waals surface area (Å²) in [6.07, 6.45) is 0. The highest BCUT2D eigenvalue weighted by molar-refractivity contribution is 6.32. The van der Waals surface area contributed by atoms with Crippen LogP contribution in [0.15, 0.2) is 53.2 Å². The minimum Gasteiger partial charge on any atom is -0.503 e. The van der Waals surface area contributed by atoms with Gasteiger partial charge >= 0.3 is 5.97 Å². The lowest BCUT2D eigenvalue weighted by atomic mass is 9.79. The number of aromatic hydroxyl groups is 1. The number of methoxy groups -OCH3 is 1. The van der Waals surface area contributed by atoms with Crippen LogP contribution in [0.1, 0.15) is 41.3 Å². The minimum absolute atomic E-state index is 0.0638. The maximum atomic E-state index is 13.4. The van der Waals surface area contributed by atoms with Crippen molar-refractivity contribution >= 4 is 29.1 Å². The first-order valence-corrected chi connectivity index (χ1v) is 9.86. The number of nitrogens with one attached hydrogen (secondary N) is 1. The lowest BCUT2D eigenvalue weighted by Crippen LogP contribution is -2.29. The predicted octanol–water partition coefficient (Wildman–Crippen LogP) is 4.19. The van der Waals surface area contributed by atoms with Crippen molar-refractivity contribution in [3.05, 3.63) is 75.0 Å². The number of phenolic OH excluding ortho intramolecular Hbond substituents is 1. The number of halogens is 1. The third-order valence-electron chi connectivity index (χ3n) is 5.35. The molecule has 0 aromatic heterocycles. The molecule has 0 unspecified atom stereocenters. The molecule has 1 aliphatic heterocycles. The number of rotatable bonds is 4. The van der Waals surface area contributed by atoms with E-state index >= 15 is 0 Å². The van der Waals surface area contributed by atoms with Crippen molar-refractivity contribution in [3.63, 3.8) is 0 Å². The molecule has 0 saturated heterocycles. The second-order valence-corrected chi connectivity index (χ2v) is 7.44. The second-order valence-electron chi connectivity index (χ2n) is 7.03. The third kappa shape index (κ3) is 2.95. The Morgan fingerprint density at radius 2 is 1.93 bits per heavy atom. The molecule has 30 heavy (non-hydrogen) atoms. The lowest BCUT2D eigenvalue weighted by molar-refractivity contribution is -0.138. The van der Waals surface area contributed by atoms with Crippen LogP contribution in [0.5, 0.6) is 11.5 Å². The second kappa shape index (κ2) is 7.54. The van der Waals surface area contributed by atoms with Crippen LogP contribution in [0.3, 0.4) is 0 Å². The van der Waals surface area contributed by atoms with Gasteiger partial charge < -0.3 is 19.9 Å². The van der Waals surface area contributed by atoms with Crippen molar-refractivity contribution in [1.82, 2.24) is 5.32 Å². The first-order chi connectivity index (χ1) is 14.4. The molecule has 0 spiro atoms. The summed E-state index contributed by atoms with van der Waals surface area (Å²) in [5, 5.41) is 13.5. The van der Waals surface area contributed by atoms with Crippen LogP contribution < -0.4 is 10.1 Å². The van der Waals surface area contributed by atoms with Crippen LogP contribution in [-0.2, 0) is 9.53 Å². The average molecular weight is 426 g/mol. The predicted molar refractivity (Wildman–Crippen MR) is 113 cm³/mol. The quantitative estimate of drug-likeness (QED) is 0.714. The number of esters is 1. The maximum absolute atomic E-state index is 13.4. The lowest BCUT2D eigenvalue weighted by Gasteiger charge is -2.29. The molecule has 7 heteroatoms. The van der Waals surface area contributed by atoms with E-state index in [0.717, 1.165) is 5.56 Å². The van der Waals surface area contributed by atoms with Gasteiger partial charge in [0.15, 0.2) is 17.3 Å². The summed E-state index contributed by atoms with van der Waals surface area (Å²) < 4.78 is 10.5. The van der Waals surface area contributed by atoms with E-state index in [0.29, 0.717) is 33.7 Å². The smallest absolute Gasteiger partial charge is 0.336 e. The molecule has 0 radical (unpaired) electrons. The molecule has 2 aromatic carbocycles. The Morgan fingerprint density at radius 1 is 1.23 bits per heavy atom. The molecule has 0 fully saturated rings. The van der Waals surface area contributed by atoms with Gasteiger partial charge in [0.05, 0.1) is 30.0 Å². The van der Waals surface area contributed by atoms with E-state index in [1.54, 1.807) is 38.1 Å². The molecule has 2 aliphatic rings. The molecule has 6 nitrogen and oxygen atoms in total. The van der Waals surface area contributed by atoms with Gasteiger partial charge in [-0.1, -0.05) is 35.9 Å². The van der Waals surface area contributed by atoms with Gasteiger partial charge in [-0.3, -0.25) is 4.79 Å².